The number of carbonyl (C=O) groups is 1. The summed E-state index contributed by atoms with van der Waals surface area (Å²) in [5.74, 6) is 0.901. The molecule has 1 aromatic heterocycles. The lowest BCUT2D eigenvalue weighted by molar-refractivity contribution is -0.882. The second-order valence-electron chi connectivity index (χ2n) is 9.63. The molecule has 0 saturated carbocycles. The third-order valence-electron chi connectivity index (χ3n) is 5.65. The van der Waals surface area contributed by atoms with Crippen molar-refractivity contribution in [2.45, 2.75) is 59.3 Å². The fourth-order valence-corrected chi connectivity index (χ4v) is 3.74. The number of nitrogens with zero attached hydrogens (tertiary/aromatic N) is 1. The molecule has 0 spiro atoms. The standard InChI is InChI=1S/C27H40N2O4/c1-6-7-17-28-25(30)20-29(4,5)18-9-8-10-19-32-24-15-12-22-13-16-26(31)33-27(22)23(24)14-11-21(2)3/h11-13,15-16H,6-10,14,17-20H2,1-5H3/p+1. The van der Waals surface area contributed by atoms with Gasteiger partial charge in [-0.2, -0.15) is 0 Å². The number of allylic oxidation sites excluding steroid dienone is 2. The lowest BCUT2D eigenvalue weighted by Gasteiger charge is -2.29. The molecule has 0 aliphatic carbocycles. The van der Waals surface area contributed by atoms with E-state index in [1.807, 2.05) is 12.1 Å². The van der Waals surface area contributed by atoms with Gasteiger partial charge in [0.05, 0.1) is 27.2 Å². The Bertz CT molecular complexity index is 987. The molecule has 0 saturated heterocycles. The molecule has 0 bridgehead atoms. The van der Waals surface area contributed by atoms with E-state index >= 15 is 0 Å². The van der Waals surface area contributed by atoms with Gasteiger partial charge in [0.25, 0.3) is 5.91 Å². The van der Waals surface area contributed by atoms with Crippen molar-refractivity contribution >= 4 is 16.9 Å². The average Bonchev–Trinajstić information content (AvgIpc) is 2.74. The largest absolute Gasteiger partial charge is 0.493 e. The van der Waals surface area contributed by atoms with Gasteiger partial charge in [-0.15, -0.1) is 0 Å². The molecular weight excluding hydrogens is 416 g/mol. The predicted octanol–water partition coefficient (Wildman–Crippen LogP) is 4.84. The Labute approximate surface area is 198 Å². The van der Waals surface area contributed by atoms with E-state index in [0.717, 1.165) is 61.9 Å². The van der Waals surface area contributed by atoms with Crippen LogP contribution in [0.1, 0.15) is 58.4 Å². The number of fused-ring (bicyclic) bond motifs is 1. The van der Waals surface area contributed by atoms with E-state index in [2.05, 4.69) is 46.3 Å². The summed E-state index contributed by atoms with van der Waals surface area (Å²) < 4.78 is 12.3. The summed E-state index contributed by atoms with van der Waals surface area (Å²) >= 11 is 0. The molecule has 0 unspecified atom stereocenters. The fraction of sp³-hybridized carbons (Fsp3) is 0.556. The Kier molecular flexibility index (Phi) is 10.7. The zero-order valence-electron chi connectivity index (χ0n) is 21.0. The minimum atomic E-state index is -0.349. The molecule has 0 atom stereocenters. The monoisotopic (exact) mass is 457 g/mol. The molecule has 2 aromatic rings. The van der Waals surface area contributed by atoms with Gasteiger partial charge in [-0.3, -0.25) is 4.79 Å². The highest BCUT2D eigenvalue weighted by atomic mass is 16.5. The van der Waals surface area contributed by atoms with Crippen molar-refractivity contribution < 1.29 is 18.4 Å². The molecule has 1 heterocycles. The summed E-state index contributed by atoms with van der Waals surface area (Å²) in [5, 5.41) is 3.90. The number of amides is 1. The van der Waals surface area contributed by atoms with Crippen molar-refractivity contribution in [3.63, 3.8) is 0 Å². The van der Waals surface area contributed by atoms with Gasteiger partial charge in [0.1, 0.15) is 11.3 Å². The minimum Gasteiger partial charge on any atom is -0.493 e. The Morgan fingerprint density at radius 3 is 2.58 bits per heavy atom. The highest BCUT2D eigenvalue weighted by molar-refractivity contribution is 5.82. The molecule has 0 radical (unpaired) electrons. The van der Waals surface area contributed by atoms with Crippen molar-refractivity contribution in [2.24, 2.45) is 0 Å². The number of benzene rings is 1. The summed E-state index contributed by atoms with van der Waals surface area (Å²) in [6.07, 6.45) is 7.90. The lowest BCUT2D eigenvalue weighted by atomic mass is 10.1. The van der Waals surface area contributed by atoms with Crippen LogP contribution >= 0.6 is 0 Å². The van der Waals surface area contributed by atoms with E-state index in [4.69, 9.17) is 9.15 Å². The minimum absolute atomic E-state index is 0.128. The summed E-state index contributed by atoms with van der Waals surface area (Å²) in [4.78, 5) is 23.9. The normalized spacial score (nSPS) is 11.4. The number of hydrogen-bond donors (Lipinski definition) is 1. The highest BCUT2D eigenvalue weighted by Crippen LogP contribution is 2.28. The van der Waals surface area contributed by atoms with E-state index in [1.165, 1.54) is 11.6 Å². The van der Waals surface area contributed by atoms with Crippen molar-refractivity contribution in [1.82, 2.24) is 5.32 Å². The van der Waals surface area contributed by atoms with Gasteiger partial charge in [0.2, 0.25) is 0 Å². The Hall–Kier alpha value is -2.60. The first-order chi connectivity index (χ1) is 15.7. The third-order valence-corrected chi connectivity index (χ3v) is 5.65. The van der Waals surface area contributed by atoms with Gasteiger partial charge in [-0.1, -0.05) is 25.0 Å². The van der Waals surface area contributed by atoms with Crippen molar-refractivity contribution in [2.75, 3.05) is 40.3 Å². The molecule has 33 heavy (non-hydrogen) atoms. The molecule has 182 valence electrons. The van der Waals surface area contributed by atoms with E-state index in [-0.39, 0.29) is 11.5 Å². The van der Waals surface area contributed by atoms with E-state index in [9.17, 15) is 9.59 Å². The first kappa shape index (κ1) is 26.7. The van der Waals surface area contributed by atoms with E-state index in [0.29, 0.717) is 29.6 Å². The predicted molar refractivity (Wildman–Crippen MR) is 135 cm³/mol. The smallest absolute Gasteiger partial charge is 0.336 e. The van der Waals surface area contributed by atoms with Crippen LogP contribution in [0.5, 0.6) is 5.75 Å². The first-order valence-corrected chi connectivity index (χ1v) is 12.1. The molecule has 2 rings (SSSR count). The topological polar surface area (TPSA) is 68.5 Å². The summed E-state index contributed by atoms with van der Waals surface area (Å²) in [7, 11) is 4.21. The van der Waals surface area contributed by atoms with Gasteiger partial charge in [0, 0.05) is 23.6 Å². The number of rotatable bonds is 14. The third kappa shape index (κ3) is 9.42. The quantitative estimate of drug-likeness (QED) is 0.191. The van der Waals surface area contributed by atoms with Crippen LogP contribution in [-0.2, 0) is 11.2 Å². The Morgan fingerprint density at radius 2 is 1.85 bits per heavy atom. The zero-order valence-corrected chi connectivity index (χ0v) is 21.0. The second-order valence-corrected chi connectivity index (χ2v) is 9.63. The molecule has 0 aliphatic heterocycles. The molecule has 1 amide bonds. The van der Waals surface area contributed by atoms with E-state index < -0.39 is 0 Å². The maximum absolute atomic E-state index is 12.1. The summed E-state index contributed by atoms with van der Waals surface area (Å²) in [6, 6.07) is 7.14. The maximum atomic E-state index is 12.1. The fourth-order valence-electron chi connectivity index (χ4n) is 3.74. The van der Waals surface area contributed by atoms with Gasteiger partial charge < -0.3 is 19.0 Å². The molecule has 0 aliphatic rings. The highest BCUT2D eigenvalue weighted by Gasteiger charge is 2.19. The van der Waals surface area contributed by atoms with Crippen LogP contribution < -0.4 is 15.7 Å². The second kappa shape index (κ2) is 13.2. The zero-order chi connectivity index (χ0) is 24.3. The lowest BCUT2D eigenvalue weighted by Crippen LogP contribution is -2.48. The van der Waals surface area contributed by atoms with Crippen LogP contribution in [0.15, 0.2) is 45.1 Å². The van der Waals surface area contributed by atoms with Crippen LogP contribution in [0.3, 0.4) is 0 Å². The molecule has 0 fully saturated rings. The summed E-state index contributed by atoms with van der Waals surface area (Å²) in [5.41, 5.74) is 2.38. The van der Waals surface area contributed by atoms with Crippen LogP contribution in [0.25, 0.3) is 11.0 Å². The molecule has 6 heteroatoms. The van der Waals surface area contributed by atoms with E-state index in [1.54, 1.807) is 6.07 Å². The van der Waals surface area contributed by atoms with Crippen LogP contribution in [-0.4, -0.2) is 50.7 Å². The van der Waals surface area contributed by atoms with Crippen LogP contribution in [0, 0.1) is 0 Å². The van der Waals surface area contributed by atoms with Gasteiger partial charge >= 0.3 is 5.63 Å². The number of unbranched alkanes of at least 4 members (excludes halogenated alkanes) is 3. The Morgan fingerprint density at radius 1 is 1.09 bits per heavy atom. The molecule has 1 aromatic carbocycles. The molecule has 1 N–H and O–H groups in total. The number of likely N-dealkylation sites (N-methyl/N-ethyl adjacent to an activating group) is 1. The number of hydrogen-bond acceptors (Lipinski definition) is 4. The van der Waals surface area contributed by atoms with Gasteiger partial charge in [-0.05, 0) is 64.2 Å². The first-order valence-electron chi connectivity index (χ1n) is 12.1. The summed E-state index contributed by atoms with van der Waals surface area (Å²) in [6.45, 7) is 9.06. The number of carbonyl (C=O) groups excluding carboxylic acids is 1. The molecular formula is C27H41N2O4+. The number of quaternary nitrogens is 1. The van der Waals surface area contributed by atoms with Crippen molar-refractivity contribution in [3.05, 3.63) is 51.9 Å². The average molecular weight is 458 g/mol. The van der Waals surface area contributed by atoms with Gasteiger partial charge in [-0.25, -0.2) is 4.79 Å². The SMILES string of the molecule is CCCCNC(=O)C[N+](C)(C)CCCCCOc1ccc2ccc(=O)oc2c1CC=C(C)C. The molecule has 6 nitrogen and oxygen atoms in total. The van der Waals surface area contributed by atoms with Crippen molar-refractivity contribution in [1.29, 1.82) is 0 Å². The number of nitrogens with one attached hydrogen (secondary N) is 1. The van der Waals surface area contributed by atoms with Gasteiger partial charge in [0.15, 0.2) is 6.54 Å². The van der Waals surface area contributed by atoms with Crippen LogP contribution in [0.4, 0.5) is 0 Å². The maximum Gasteiger partial charge on any atom is 0.336 e. The van der Waals surface area contributed by atoms with Crippen LogP contribution in [0.2, 0.25) is 0 Å². The Balaban J connectivity index is 1.86. The number of ether oxygens (including phenoxy) is 1. The van der Waals surface area contributed by atoms with Crippen molar-refractivity contribution in [3.8, 4) is 5.75 Å².